The number of carbonyl (C=O) groups excluding carboxylic acids is 2. The quantitative estimate of drug-likeness (QED) is 0.171. The van der Waals surface area contributed by atoms with Crippen LogP contribution >= 0.6 is 11.8 Å². The number of esters is 2. The second-order valence-electron chi connectivity index (χ2n) is 15.0. The lowest BCUT2D eigenvalue weighted by Crippen LogP contribution is -2.66. The Morgan fingerprint density at radius 2 is 1.89 bits per heavy atom. The van der Waals surface area contributed by atoms with E-state index in [1.54, 1.807) is 6.92 Å². The molecule has 1 saturated heterocycles. The highest BCUT2D eigenvalue weighted by Gasteiger charge is 2.72. The molecule has 0 aromatic heterocycles. The summed E-state index contributed by atoms with van der Waals surface area (Å²) in [6, 6.07) is 5.03. The molecular weight excluding hydrogens is 745 g/mol. The van der Waals surface area contributed by atoms with Gasteiger partial charge in [0.2, 0.25) is 6.79 Å². The molecule has 3 aromatic rings. The van der Waals surface area contributed by atoms with Crippen LogP contribution in [0.2, 0.25) is 0 Å². The van der Waals surface area contributed by atoms with Crippen molar-refractivity contribution in [3.63, 3.8) is 0 Å². The standard InChI is InChI=1S/C40H40N4O11S/c1-17-6-23-24-10-43-14-40(24,13-41)44-25-12-52-39(49)22-9-27(50-4)26(47)8-20(22)7-21(11-45)42-15-56-38(32(44)31(43)28(23)33(48)34(17)51-5)30-29(25)37-36(53-16-54-37)18(2)35(30)55-19(3)46/h6,8-10,21,24-25,31-32,38,42,45H,7,11-12,14-16H2,1-5H3,(H-,47,48,49)/p+1/t21?,24-,25-,31+,32+,38+,40+/m0/s1. The van der Waals surface area contributed by atoms with Crippen LogP contribution in [0.25, 0.3) is 0 Å². The third-order valence-electron chi connectivity index (χ3n) is 12.2. The normalized spacial score (nSPS) is 28.2. The van der Waals surface area contributed by atoms with Gasteiger partial charge in [-0.25, -0.2) is 9.37 Å². The fourth-order valence-electron chi connectivity index (χ4n) is 10.0. The number of nitrogens with one attached hydrogen (secondary N) is 1. The largest absolute Gasteiger partial charge is 0.504 e. The van der Waals surface area contributed by atoms with Crippen molar-refractivity contribution in [2.45, 2.75) is 68.1 Å². The first-order valence-electron chi connectivity index (χ1n) is 18.4. The summed E-state index contributed by atoms with van der Waals surface area (Å²) in [5.74, 6) is -0.200. The first kappa shape index (κ1) is 36.4. The number of hydrogen-bond acceptors (Lipinski definition) is 15. The molecule has 5 bridgehead atoms. The van der Waals surface area contributed by atoms with E-state index in [4.69, 9.17) is 28.4 Å². The van der Waals surface area contributed by atoms with E-state index in [1.165, 1.54) is 45.0 Å². The number of rotatable bonds is 4. The van der Waals surface area contributed by atoms with Crippen molar-refractivity contribution in [2.75, 3.05) is 46.6 Å². The molecular formula is C40H41N4O11S+. The Balaban J connectivity index is 1.34. The number of nitriles is 1. The summed E-state index contributed by atoms with van der Waals surface area (Å²) in [7, 11) is 2.89. The first-order valence-corrected chi connectivity index (χ1v) is 19.4. The zero-order valence-corrected chi connectivity index (χ0v) is 32.2. The second kappa shape index (κ2) is 13.2. The highest BCUT2D eigenvalue weighted by atomic mass is 32.2. The SMILES string of the molecule is COc1cc2c(cc1O)CC(CO)NCS[C@@H]1c3c(OC(C)=O)c(C)c4c(c3[C@H](COC2=O)N2[C@@H]1[C@H]1c3c(cc(C)c(OC)c3O)[C@@H]3C=[N+]1C[C@]32C#N)OCO4. The van der Waals surface area contributed by atoms with Gasteiger partial charge in [-0.2, -0.15) is 5.26 Å². The Morgan fingerprint density at radius 3 is 2.61 bits per heavy atom. The molecule has 1 unspecified atom stereocenters. The zero-order valence-electron chi connectivity index (χ0n) is 31.4. The van der Waals surface area contributed by atoms with Gasteiger partial charge in [-0.15, -0.1) is 11.8 Å². The molecule has 7 heterocycles. The average Bonchev–Trinajstić information content (AvgIpc) is 3.75. The average molecular weight is 786 g/mol. The number of aliphatic hydroxyl groups is 1. The highest BCUT2D eigenvalue weighted by molar-refractivity contribution is 7.99. The fraction of sp³-hybridized carbons (Fsp3) is 0.450. The molecule has 7 aliphatic rings. The number of aliphatic hydroxyl groups excluding tert-OH is 1. The summed E-state index contributed by atoms with van der Waals surface area (Å²) in [5.41, 5.74) is 3.25. The van der Waals surface area contributed by atoms with Crippen molar-refractivity contribution in [1.82, 2.24) is 10.2 Å². The van der Waals surface area contributed by atoms with E-state index in [0.29, 0.717) is 45.1 Å². The topological polar surface area (TPSA) is 192 Å². The van der Waals surface area contributed by atoms with Crippen LogP contribution in [-0.4, -0.2) is 107 Å². The molecule has 0 amide bonds. The van der Waals surface area contributed by atoms with E-state index in [-0.39, 0.29) is 67.4 Å². The summed E-state index contributed by atoms with van der Waals surface area (Å²) >= 11 is 1.50. The van der Waals surface area contributed by atoms with Crippen molar-refractivity contribution in [3.05, 3.63) is 62.7 Å². The summed E-state index contributed by atoms with van der Waals surface area (Å²) in [6.07, 6.45) is 2.24. The number of fused-ring (bicyclic) bond motifs is 13. The van der Waals surface area contributed by atoms with Crippen molar-refractivity contribution in [1.29, 1.82) is 5.26 Å². The lowest BCUT2D eigenvalue weighted by atomic mass is 9.76. The van der Waals surface area contributed by atoms with Gasteiger partial charge in [-0.1, -0.05) is 6.07 Å². The van der Waals surface area contributed by atoms with E-state index in [2.05, 4.69) is 27.1 Å². The van der Waals surface area contributed by atoms with Gasteiger partial charge >= 0.3 is 11.9 Å². The number of benzene rings is 3. The second-order valence-corrected chi connectivity index (χ2v) is 16.1. The van der Waals surface area contributed by atoms with Gasteiger partial charge in [-0.05, 0) is 49.1 Å². The molecule has 16 heteroatoms. The third kappa shape index (κ3) is 4.97. The molecule has 7 aliphatic heterocycles. The molecule has 10 rings (SSSR count). The van der Waals surface area contributed by atoms with Crippen molar-refractivity contribution >= 4 is 29.9 Å². The molecule has 0 spiro atoms. The summed E-state index contributed by atoms with van der Waals surface area (Å²) < 4.78 is 37.9. The monoisotopic (exact) mass is 785 g/mol. The molecule has 292 valence electrons. The molecule has 4 N–H and O–H groups in total. The van der Waals surface area contributed by atoms with E-state index in [0.717, 1.165) is 11.1 Å². The number of hydrogen-bond donors (Lipinski definition) is 4. The van der Waals surface area contributed by atoms with Crippen molar-refractivity contribution < 1.29 is 57.9 Å². The van der Waals surface area contributed by atoms with Crippen LogP contribution in [0.15, 0.2) is 18.2 Å². The minimum absolute atomic E-state index is 0.00697. The van der Waals surface area contributed by atoms with Crippen LogP contribution in [0, 0.1) is 25.2 Å². The Bertz CT molecular complexity index is 2310. The molecule has 7 atom stereocenters. The van der Waals surface area contributed by atoms with E-state index >= 15 is 0 Å². The predicted octanol–water partition coefficient (Wildman–Crippen LogP) is 3.42. The summed E-state index contributed by atoms with van der Waals surface area (Å²) in [5, 5.41) is 47.8. The van der Waals surface area contributed by atoms with Crippen LogP contribution in [0.3, 0.4) is 0 Å². The van der Waals surface area contributed by atoms with Gasteiger partial charge in [0.1, 0.15) is 12.4 Å². The first-order chi connectivity index (χ1) is 27.0. The number of methoxy groups -OCH3 is 2. The fourth-order valence-corrected chi connectivity index (χ4v) is 11.4. The number of nitrogens with zero attached hydrogens (tertiary/aromatic N) is 3. The number of ether oxygens (including phenoxy) is 6. The number of aromatic hydroxyl groups is 2. The van der Waals surface area contributed by atoms with Gasteiger partial charge in [0.05, 0.1) is 61.3 Å². The molecule has 0 radical (unpaired) electrons. The van der Waals surface area contributed by atoms with Gasteiger partial charge in [0, 0.05) is 35.5 Å². The minimum atomic E-state index is -1.24. The summed E-state index contributed by atoms with van der Waals surface area (Å²) in [6.45, 7) is 4.59. The third-order valence-corrected chi connectivity index (χ3v) is 13.4. The van der Waals surface area contributed by atoms with Crippen molar-refractivity contribution in [3.8, 4) is 46.3 Å². The number of aryl methyl sites for hydroxylation is 1. The Morgan fingerprint density at radius 1 is 1.11 bits per heavy atom. The lowest BCUT2D eigenvalue weighted by molar-refractivity contribution is -0.592. The minimum Gasteiger partial charge on any atom is -0.504 e. The van der Waals surface area contributed by atoms with Crippen molar-refractivity contribution in [2.24, 2.45) is 0 Å². The van der Waals surface area contributed by atoms with Gasteiger partial charge in [-0.3, -0.25) is 9.69 Å². The van der Waals surface area contributed by atoms with Crippen LogP contribution in [0.5, 0.6) is 40.2 Å². The van der Waals surface area contributed by atoms with E-state index in [1.807, 2.05) is 13.0 Å². The molecule has 3 aromatic carbocycles. The number of phenolic OH excluding ortho intramolecular Hbond substituents is 2. The number of piperazine rings is 1. The van der Waals surface area contributed by atoms with E-state index in [9.17, 15) is 30.2 Å². The predicted molar refractivity (Wildman–Crippen MR) is 199 cm³/mol. The highest BCUT2D eigenvalue weighted by Crippen LogP contribution is 2.67. The maximum absolute atomic E-state index is 14.4. The van der Waals surface area contributed by atoms with Gasteiger partial charge in [0.15, 0.2) is 58.8 Å². The van der Waals surface area contributed by atoms with Crippen LogP contribution in [0.4, 0.5) is 0 Å². The van der Waals surface area contributed by atoms with Crippen LogP contribution in [0.1, 0.15) is 79.5 Å². The number of phenols is 2. The zero-order chi connectivity index (χ0) is 39.4. The van der Waals surface area contributed by atoms with Gasteiger partial charge in [0.25, 0.3) is 0 Å². The number of thioether (sulfide) groups is 1. The maximum Gasteiger partial charge on any atom is 0.338 e. The molecule has 56 heavy (non-hydrogen) atoms. The molecule has 0 aliphatic carbocycles. The molecule has 1 fully saturated rings. The van der Waals surface area contributed by atoms with Crippen LogP contribution < -0.4 is 29.0 Å². The lowest BCUT2D eigenvalue weighted by Gasteiger charge is -2.54. The number of carbonyl (C=O) groups is 2. The Labute approximate surface area is 326 Å². The van der Waals surface area contributed by atoms with E-state index < -0.39 is 52.8 Å². The smallest absolute Gasteiger partial charge is 0.338 e. The molecule has 0 saturated carbocycles. The Hall–Kier alpha value is -5.21. The van der Waals surface area contributed by atoms with Gasteiger partial charge < -0.3 is 49.1 Å². The summed E-state index contributed by atoms with van der Waals surface area (Å²) in [4.78, 5) is 29.4. The molecule has 15 nitrogen and oxygen atoms in total. The Kier molecular flexibility index (Phi) is 8.58. The maximum atomic E-state index is 14.4. The van der Waals surface area contributed by atoms with Crippen LogP contribution in [-0.2, 0) is 16.0 Å².